The highest BCUT2D eigenvalue weighted by molar-refractivity contribution is 7.89. The molecular weight excluding hydrogens is 300 g/mol. The second-order valence-corrected chi connectivity index (χ2v) is 7.88. The Hall–Kier alpha value is -0.950. The van der Waals surface area contributed by atoms with Crippen molar-refractivity contribution in [3.05, 3.63) is 35.9 Å². The van der Waals surface area contributed by atoms with Crippen molar-refractivity contribution in [3.8, 4) is 0 Å². The third-order valence-electron chi connectivity index (χ3n) is 4.19. The highest BCUT2D eigenvalue weighted by Crippen LogP contribution is 2.12. The molecule has 124 valence electrons. The van der Waals surface area contributed by atoms with Gasteiger partial charge >= 0.3 is 0 Å². The van der Waals surface area contributed by atoms with Crippen molar-refractivity contribution < 1.29 is 13.2 Å². The van der Waals surface area contributed by atoms with Gasteiger partial charge in [0.25, 0.3) is 0 Å². The van der Waals surface area contributed by atoms with Gasteiger partial charge in [0.05, 0.1) is 12.4 Å². The third-order valence-corrected chi connectivity index (χ3v) is 6.06. The molecule has 0 aromatic heterocycles. The fourth-order valence-corrected chi connectivity index (χ4v) is 4.26. The second-order valence-electron chi connectivity index (χ2n) is 5.79. The monoisotopic (exact) mass is 326 g/mol. The van der Waals surface area contributed by atoms with Crippen LogP contribution < -0.4 is 0 Å². The van der Waals surface area contributed by atoms with E-state index in [9.17, 15) is 8.42 Å². The molecule has 1 aromatic carbocycles. The highest BCUT2D eigenvalue weighted by Gasteiger charge is 2.28. The van der Waals surface area contributed by atoms with E-state index in [-0.39, 0.29) is 5.75 Å². The van der Waals surface area contributed by atoms with Crippen molar-refractivity contribution in [1.29, 1.82) is 0 Å². The quantitative estimate of drug-likeness (QED) is 0.756. The summed E-state index contributed by atoms with van der Waals surface area (Å²) in [6.45, 7) is 5.49. The maximum Gasteiger partial charge on any atom is 0.214 e. The number of hydrogen-bond acceptors (Lipinski definition) is 4. The van der Waals surface area contributed by atoms with E-state index < -0.39 is 10.0 Å². The number of sulfonamides is 1. The molecule has 0 unspecified atom stereocenters. The Balaban J connectivity index is 1.84. The Morgan fingerprint density at radius 1 is 1.14 bits per heavy atom. The van der Waals surface area contributed by atoms with E-state index in [1.807, 2.05) is 30.3 Å². The molecule has 0 radical (unpaired) electrons. The number of aryl methyl sites for hydroxylation is 1. The molecule has 1 aliphatic rings. The van der Waals surface area contributed by atoms with Crippen LogP contribution in [0.25, 0.3) is 0 Å². The summed E-state index contributed by atoms with van der Waals surface area (Å²) in [4.78, 5) is 2.28. The van der Waals surface area contributed by atoms with Crippen molar-refractivity contribution in [2.45, 2.75) is 19.4 Å². The summed E-state index contributed by atoms with van der Waals surface area (Å²) < 4.78 is 31.7. The maximum absolute atomic E-state index is 12.4. The molecule has 1 saturated heterocycles. The lowest BCUT2D eigenvalue weighted by molar-refractivity contribution is 0.0766. The molecule has 0 spiro atoms. The summed E-state index contributed by atoms with van der Waals surface area (Å²) in [5.74, 6) is 0.185. The van der Waals surface area contributed by atoms with E-state index in [1.165, 1.54) is 0 Å². The average molecular weight is 326 g/mol. The number of methoxy groups -OCH3 is 1. The molecule has 5 nitrogen and oxygen atoms in total. The minimum atomic E-state index is -3.17. The molecule has 1 atom stereocenters. The van der Waals surface area contributed by atoms with E-state index in [2.05, 4.69) is 11.8 Å². The summed E-state index contributed by atoms with van der Waals surface area (Å²) in [6.07, 6.45) is 0.573. The maximum atomic E-state index is 12.4. The fraction of sp³-hybridized carbons (Fsp3) is 0.625. The summed E-state index contributed by atoms with van der Waals surface area (Å²) in [6, 6.07) is 10.1. The van der Waals surface area contributed by atoms with E-state index in [1.54, 1.807) is 11.4 Å². The first-order valence-corrected chi connectivity index (χ1v) is 9.38. The molecule has 0 saturated carbocycles. The Labute approximate surface area is 133 Å². The minimum absolute atomic E-state index is 0.185. The molecule has 0 amide bonds. The Bertz CT molecular complexity index is 540. The van der Waals surface area contributed by atoms with Crippen LogP contribution in [0.2, 0.25) is 0 Å². The lowest BCUT2D eigenvalue weighted by Gasteiger charge is -2.37. The summed E-state index contributed by atoms with van der Waals surface area (Å²) in [5.41, 5.74) is 1.07. The second kappa shape index (κ2) is 8.06. The van der Waals surface area contributed by atoms with Crippen molar-refractivity contribution in [2.75, 3.05) is 45.6 Å². The molecular formula is C16H26N2O3S. The van der Waals surface area contributed by atoms with Gasteiger partial charge in [-0.25, -0.2) is 8.42 Å². The van der Waals surface area contributed by atoms with Gasteiger partial charge in [0.1, 0.15) is 0 Å². The first-order chi connectivity index (χ1) is 10.5. The largest absolute Gasteiger partial charge is 0.383 e. The van der Waals surface area contributed by atoms with Gasteiger partial charge in [0.2, 0.25) is 10.0 Å². The summed E-state index contributed by atoms with van der Waals surface area (Å²) in [7, 11) is -1.47. The van der Waals surface area contributed by atoms with Gasteiger partial charge in [-0.3, -0.25) is 4.90 Å². The molecule has 0 bridgehead atoms. The number of piperazine rings is 1. The Morgan fingerprint density at radius 3 is 2.36 bits per heavy atom. The number of rotatable bonds is 7. The van der Waals surface area contributed by atoms with Gasteiger partial charge in [-0.2, -0.15) is 4.31 Å². The van der Waals surface area contributed by atoms with Gasteiger partial charge in [-0.1, -0.05) is 30.3 Å². The van der Waals surface area contributed by atoms with Crippen LogP contribution in [0.3, 0.4) is 0 Å². The molecule has 0 N–H and O–H groups in total. The van der Waals surface area contributed by atoms with Crippen LogP contribution in [0.15, 0.2) is 30.3 Å². The highest BCUT2D eigenvalue weighted by atomic mass is 32.2. The van der Waals surface area contributed by atoms with E-state index in [0.29, 0.717) is 32.2 Å². The van der Waals surface area contributed by atoms with Crippen LogP contribution in [0.5, 0.6) is 0 Å². The smallest absolute Gasteiger partial charge is 0.214 e. The van der Waals surface area contributed by atoms with E-state index in [4.69, 9.17) is 4.74 Å². The number of ether oxygens (including phenoxy) is 1. The van der Waals surface area contributed by atoms with Crippen LogP contribution in [-0.4, -0.2) is 69.3 Å². The average Bonchev–Trinajstić information content (AvgIpc) is 2.54. The topological polar surface area (TPSA) is 49.9 Å². The van der Waals surface area contributed by atoms with Crippen molar-refractivity contribution >= 4 is 10.0 Å². The summed E-state index contributed by atoms with van der Waals surface area (Å²) in [5, 5.41) is 0. The van der Waals surface area contributed by atoms with Crippen LogP contribution in [0.1, 0.15) is 12.5 Å². The molecule has 1 aliphatic heterocycles. The van der Waals surface area contributed by atoms with Gasteiger partial charge in [-0.05, 0) is 18.9 Å². The molecule has 2 rings (SSSR count). The Morgan fingerprint density at radius 2 is 1.77 bits per heavy atom. The normalized spacial score (nSPS) is 19.2. The van der Waals surface area contributed by atoms with E-state index >= 15 is 0 Å². The zero-order chi connectivity index (χ0) is 16.0. The molecule has 0 aliphatic carbocycles. The van der Waals surface area contributed by atoms with Crippen LogP contribution in [0, 0.1) is 0 Å². The summed E-state index contributed by atoms with van der Waals surface area (Å²) >= 11 is 0. The molecule has 6 heteroatoms. The minimum Gasteiger partial charge on any atom is -0.383 e. The lowest BCUT2D eigenvalue weighted by atomic mass is 10.2. The first-order valence-electron chi connectivity index (χ1n) is 7.77. The van der Waals surface area contributed by atoms with Crippen LogP contribution >= 0.6 is 0 Å². The third kappa shape index (κ3) is 4.78. The van der Waals surface area contributed by atoms with Crippen molar-refractivity contribution in [3.63, 3.8) is 0 Å². The lowest BCUT2D eigenvalue weighted by Crippen LogP contribution is -2.52. The zero-order valence-electron chi connectivity index (χ0n) is 13.4. The first kappa shape index (κ1) is 17.4. The Kier molecular flexibility index (Phi) is 6.37. The molecule has 1 aromatic rings. The van der Waals surface area contributed by atoms with Crippen LogP contribution in [-0.2, 0) is 21.2 Å². The van der Waals surface area contributed by atoms with Crippen LogP contribution in [0.4, 0.5) is 0 Å². The molecule has 1 heterocycles. The van der Waals surface area contributed by atoms with Gasteiger partial charge in [0.15, 0.2) is 0 Å². The predicted octanol–water partition coefficient (Wildman–Crippen LogP) is 1.21. The van der Waals surface area contributed by atoms with Gasteiger partial charge < -0.3 is 4.74 Å². The SMILES string of the molecule is COC[C@@H](C)N1CCN(S(=O)(=O)CCc2ccccc2)CC1. The molecule has 22 heavy (non-hydrogen) atoms. The van der Waals surface area contributed by atoms with Crippen molar-refractivity contribution in [2.24, 2.45) is 0 Å². The standard InChI is InChI=1S/C16H26N2O3S/c1-15(14-21-2)17-9-11-18(12-10-17)22(19,20)13-8-16-6-4-3-5-7-16/h3-7,15H,8-14H2,1-2H3/t15-/m1/s1. The number of nitrogens with zero attached hydrogens (tertiary/aromatic N) is 2. The fourth-order valence-electron chi connectivity index (χ4n) is 2.79. The van der Waals surface area contributed by atoms with Crippen molar-refractivity contribution in [1.82, 2.24) is 9.21 Å². The number of hydrogen-bond donors (Lipinski definition) is 0. The predicted molar refractivity (Wildman–Crippen MR) is 88.4 cm³/mol. The van der Waals surface area contributed by atoms with E-state index in [0.717, 1.165) is 18.7 Å². The zero-order valence-corrected chi connectivity index (χ0v) is 14.3. The molecule has 1 fully saturated rings. The van der Waals surface area contributed by atoms with Gasteiger partial charge in [0, 0.05) is 39.3 Å². The number of benzene rings is 1. The van der Waals surface area contributed by atoms with Gasteiger partial charge in [-0.15, -0.1) is 0 Å².